The van der Waals surface area contributed by atoms with Gasteiger partial charge in [-0.3, -0.25) is 4.79 Å². The highest BCUT2D eigenvalue weighted by Crippen LogP contribution is 2.20. The fourth-order valence-electron chi connectivity index (χ4n) is 2.76. The first kappa shape index (κ1) is 16.5. The Hall–Kier alpha value is -2.93. The first-order valence-electron chi connectivity index (χ1n) is 8.09. The van der Waals surface area contributed by atoms with Crippen molar-refractivity contribution in [3.63, 3.8) is 0 Å². The molecule has 26 heavy (non-hydrogen) atoms. The van der Waals surface area contributed by atoms with E-state index >= 15 is 0 Å². The van der Waals surface area contributed by atoms with Crippen molar-refractivity contribution in [3.8, 4) is 0 Å². The quantitative estimate of drug-likeness (QED) is 0.539. The lowest BCUT2D eigenvalue weighted by molar-refractivity contribution is -0.115. The van der Waals surface area contributed by atoms with Gasteiger partial charge in [0, 0.05) is 15.9 Å². The van der Waals surface area contributed by atoms with Crippen LogP contribution < -0.4 is 5.32 Å². The normalized spacial score (nSPS) is 11.0. The van der Waals surface area contributed by atoms with Crippen molar-refractivity contribution < 1.29 is 9.32 Å². The molecule has 4 aromatic rings. The van der Waals surface area contributed by atoms with Crippen molar-refractivity contribution >= 4 is 38.6 Å². The summed E-state index contributed by atoms with van der Waals surface area (Å²) < 4.78 is 8.00. The monoisotopic (exact) mass is 410 g/mol. The molecule has 0 spiro atoms. The molecule has 130 valence electrons. The zero-order chi connectivity index (χ0) is 17.9. The van der Waals surface area contributed by atoms with E-state index in [4.69, 9.17) is 4.52 Å². The fourth-order valence-corrected chi connectivity index (χ4v) is 3.17. The number of fused-ring (bicyclic) bond motifs is 1. The maximum Gasteiger partial charge on any atom is 0.231 e. The Bertz CT molecular complexity index is 1070. The van der Waals surface area contributed by atoms with E-state index in [1.54, 1.807) is 16.9 Å². The molecule has 0 saturated heterocycles. The second-order valence-electron chi connectivity index (χ2n) is 5.82. The number of carbonyl (C=O) groups is 1. The van der Waals surface area contributed by atoms with Gasteiger partial charge in [0.15, 0.2) is 5.58 Å². The molecule has 1 amide bonds. The van der Waals surface area contributed by atoms with Crippen molar-refractivity contribution in [2.45, 2.75) is 13.0 Å². The molecule has 0 aliphatic rings. The third kappa shape index (κ3) is 3.39. The van der Waals surface area contributed by atoms with Gasteiger partial charge in [-0.2, -0.15) is 5.10 Å². The lowest BCUT2D eigenvalue weighted by Crippen LogP contribution is -2.18. The van der Waals surface area contributed by atoms with Gasteiger partial charge in [0.05, 0.1) is 19.2 Å². The molecule has 0 fully saturated rings. The first-order valence-corrected chi connectivity index (χ1v) is 8.88. The summed E-state index contributed by atoms with van der Waals surface area (Å²) in [5.74, 6) is 0.469. The van der Waals surface area contributed by atoms with Crippen molar-refractivity contribution in [1.29, 1.82) is 0 Å². The molecule has 0 aliphatic heterocycles. The van der Waals surface area contributed by atoms with Crippen LogP contribution in [-0.2, 0) is 17.8 Å². The van der Waals surface area contributed by atoms with Gasteiger partial charge in [0.2, 0.25) is 5.91 Å². The number of para-hydroxylation sites is 1. The maximum atomic E-state index is 12.4. The smallest absolute Gasteiger partial charge is 0.231 e. The number of anilines is 1. The zero-order valence-electron chi connectivity index (χ0n) is 13.7. The van der Waals surface area contributed by atoms with Crippen molar-refractivity contribution in [3.05, 3.63) is 76.5 Å². The molecular weight excluding hydrogens is 396 g/mol. The Balaban J connectivity index is 1.49. The molecule has 0 bridgehead atoms. The Morgan fingerprint density at radius 1 is 1.12 bits per heavy atom. The summed E-state index contributed by atoms with van der Waals surface area (Å²) in [6.45, 7) is 0.553. The summed E-state index contributed by atoms with van der Waals surface area (Å²) >= 11 is 3.53. The van der Waals surface area contributed by atoms with E-state index in [1.165, 1.54) is 0 Å². The van der Waals surface area contributed by atoms with Gasteiger partial charge >= 0.3 is 0 Å². The van der Waals surface area contributed by atoms with Gasteiger partial charge in [0.1, 0.15) is 11.5 Å². The largest absolute Gasteiger partial charge is 0.356 e. The van der Waals surface area contributed by atoms with Gasteiger partial charge in [-0.15, -0.1) is 0 Å². The summed E-state index contributed by atoms with van der Waals surface area (Å²) in [6, 6.07) is 17.2. The average molecular weight is 411 g/mol. The summed E-state index contributed by atoms with van der Waals surface area (Å²) in [6.07, 6.45) is 1.80. The summed E-state index contributed by atoms with van der Waals surface area (Å²) in [5.41, 5.74) is 2.37. The van der Waals surface area contributed by atoms with Crippen molar-refractivity contribution in [2.75, 3.05) is 5.32 Å². The summed E-state index contributed by atoms with van der Waals surface area (Å²) in [4.78, 5) is 12.4. The Labute approximate surface area is 157 Å². The van der Waals surface area contributed by atoms with Crippen LogP contribution in [-0.4, -0.2) is 20.8 Å². The Morgan fingerprint density at radius 2 is 1.92 bits per heavy atom. The fraction of sp³-hybridized carbons (Fsp3) is 0.105. The van der Waals surface area contributed by atoms with E-state index in [9.17, 15) is 4.79 Å². The van der Waals surface area contributed by atoms with Gasteiger partial charge in [0.25, 0.3) is 0 Å². The van der Waals surface area contributed by atoms with Crippen LogP contribution in [0.2, 0.25) is 0 Å². The number of hydrogen-bond acceptors (Lipinski definition) is 4. The van der Waals surface area contributed by atoms with E-state index in [2.05, 4.69) is 31.5 Å². The van der Waals surface area contributed by atoms with Crippen LogP contribution in [0.4, 0.5) is 5.82 Å². The highest BCUT2D eigenvalue weighted by molar-refractivity contribution is 9.10. The molecular formula is C19H15BrN4O2. The number of nitrogens with zero attached hydrogens (tertiary/aromatic N) is 3. The number of amides is 1. The molecule has 1 N–H and O–H groups in total. The second kappa shape index (κ2) is 7.13. The van der Waals surface area contributed by atoms with Gasteiger partial charge in [-0.25, -0.2) is 4.68 Å². The van der Waals surface area contributed by atoms with Crippen LogP contribution in [0.5, 0.6) is 0 Å². The number of nitrogens with one attached hydrogen (secondary N) is 1. The third-order valence-corrected chi connectivity index (χ3v) is 4.82. The number of benzene rings is 2. The minimum absolute atomic E-state index is 0.136. The Kier molecular flexibility index (Phi) is 4.53. The van der Waals surface area contributed by atoms with Crippen molar-refractivity contribution in [1.82, 2.24) is 14.9 Å². The van der Waals surface area contributed by atoms with Gasteiger partial charge < -0.3 is 9.84 Å². The summed E-state index contributed by atoms with van der Waals surface area (Å²) in [5, 5.41) is 12.1. The van der Waals surface area contributed by atoms with Gasteiger partial charge in [-0.05, 0) is 23.8 Å². The number of hydrogen-bond donors (Lipinski definition) is 1. The molecule has 2 aromatic heterocycles. The SMILES string of the molecule is O=C(Cc1noc2ccccc12)Nc1ccnn1Cc1ccccc1Br. The number of carbonyl (C=O) groups excluding carboxylic acids is 1. The van der Waals surface area contributed by atoms with Crippen LogP contribution >= 0.6 is 15.9 Å². The molecule has 7 heteroatoms. The minimum atomic E-state index is -0.169. The van der Waals surface area contributed by atoms with Gasteiger partial charge in [-0.1, -0.05) is 51.4 Å². The predicted molar refractivity (Wildman–Crippen MR) is 102 cm³/mol. The topological polar surface area (TPSA) is 73.0 Å². The molecule has 2 aromatic carbocycles. The van der Waals surface area contributed by atoms with Crippen LogP contribution in [0.25, 0.3) is 11.0 Å². The molecule has 2 heterocycles. The standard InChI is InChI=1S/C19H15BrN4O2/c20-15-7-3-1-5-13(15)12-24-18(9-10-21-24)22-19(25)11-16-14-6-2-4-8-17(14)26-23-16/h1-10H,11-12H2,(H,22,25). The van der Waals surface area contributed by atoms with Crippen LogP contribution in [0, 0.1) is 0 Å². The van der Waals surface area contributed by atoms with Crippen LogP contribution in [0.3, 0.4) is 0 Å². The lowest BCUT2D eigenvalue weighted by atomic mass is 10.1. The number of aromatic nitrogens is 3. The maximum absolute atomic E-state index is 12.4. The third-order valence-electron chi connectivity index (χ3n) is 4.04. The highest BCUT2D eigenvalue weighted by Gasteiger charge is 2.14. The van der Waals surface area contributed by atoms with E-state index in [-0.39, 0.29) is 12.3 Å². The van der Waals surface area contributed by atoms with E-state index in [0.29, 0.717) is 23.6 Å². The Morgan fingerprint density at radius 3 is 2.81 bits per heavy atom. The molecule has 0 aliphatic carbocycles. The molecule has 6 nitrogen and oxygen atoms in total. The van der Waals surface area contributed by atoms with Crippen LogP contribution in [0.1, 0.15) is 11.3 Å². The molecule has 0 radical (unpaired) electrons. The zero-order valence-corrected chi connectivity index (χ0v) is 15.3. The van der Waals surface area contributed by atoms with E-state index in [1.807, 2.05) is 48.5 Å². The predicted octanol–water partition coefficient (Wildman–Crippen LogP) is 4.02. The first-order chi connectivity index (χ1) is 12.7. The molecule has 0 unspecified atom stereocenters. The highest BCUT2D eigenvalue weighted by atomic mass is 79.9. The molecule has 4 rings (SSSR count). The van der Waals surface area contributed by atoms with E-state index in [0.717, 1.165) is 15.4 Å². The summed E-state index contributed by atoms with van der Waals surface area (Å²) in [7, 11) is 0. The minimum Gasteiger partial charge on any atom is -0.356 e. The molecule has 0 saturated carbocycles. The average Bonchev–Trinajstić information content (AvgIpc) is 3.24. The van der Waals surface area contributed by atoms with E-state index < -0.39 is 0 Å². The second-order valence-corrected chi connectivity index (χ2v) is 6.67. The number of rotatable bonds is 5. The lowest BCUT2D eigenvalue weighted by Gasteiger charge is -2.10. The van der Waals surface area contributed by atoms with Crippen LogP contribution in [0.15, 0.2) is 69.8 Å². The number of halogens is 1. The van der Waals surface area contributed by atoms with Crippen molar-refractivity contribution in [2.24, 2.45) is 0 Å². The molecule has 0 atom stereocenters.